The summed E-state index contributed by atoms with van der Waals surface area (Å²) in [4.78, 5) is 27.9. The maximum absolute atomic E-state index is 13.4. The summed E-state index contributed by atoms with van der Waals surface area (Å²) >= 11 is 0. The van der Waals surface area contributed by atoms with Crippen molar-refractivity contribution in [1.29, 1.82) is 0 Å². The SMILES string of the molecule is CCCNC(=O)[C@@H](CC)N(Cc1cccc(C)c1)C(=O)CCCN(c1cccc(C)c1)S(C)(=O)=O. The van der Waals surface area contributed by atoms with Crippen molar-refractivity contribution in [2.24, 2.45) is 0 Å². The number of hydrogen-bond donors (Lipinski definition) is 1. The molecular weight excluding hydrogens is 462 g/mol. The minimum atomic E-state index is -3.51. The van der Waals surface area contributed by atoms with Gasteiger partial charge in [-0.1, -0.05) is 55.8 Å². The second-order valence-electron chi connectivity index (χ2n) is 9.00. The summed E-state index contributed by atoms with van der Waals surface area (Å²) < 4.78 is 26.2. The summed E-state index contributed by atoms with van der Waals surface area (Å²) in [5.41, 5.74) is 3.58. The van der Waals surface area contributed by atoms with Crippen molar-refractivity contribution in [2.75, 3.05) is 23.7 Å². The van der Waals surface area contributed by atoms with Gasteiger partial charge < -0.3 is 10.2 Å². The fourth-order valence-electron chi connectivity index (χ4n) is 4.08. The van der Waals surface area contributed by atoms with Gasteiger partial charge in [0.15, 0.2) is 0 Å². The van der Waals surface area contributed by atoms with Crippen molar-refractivity contribution in [3.63, 3.8) is 0 Å². The van der Waals surface area contributed by atoms with Crippen molar-refractivity contribution < 1.29 is 18.0 Å². The zero-order chi connectivity index (χ0) is 26.0. The summed E-state index contributed by atoms with van der Waals surface area (Å²) in [5.74, 6) is -0.324. The molecule has 2 amide bonds. The normalized spacial score (nSPS) is 12.1. The van der Waals surface area contributed by atoms with Crippen LogP contribution in [0.3, 0.4) is 0 Å². The van der Waals surface area contributed by atoms with Gasteiger partial charge in [0.1, 0.15) is 6.04 Å². The molecular formula is C27H39N3O4S. The fourth-order valence-corrected chi connectivity index (χ4v) is 5.04. The van der Waals surface area contributed by atoms with E-state index in [9.17, 15) is 18.0 Å². The van der Waals surface area contributed by atoms with Crippen LogP contribution in [-0.2, 0) is 26.2 Å². The van der Waals surface area contributed by atoms with E-state index in [0.717, 1.165) is 23.1 Å². The Balaban J connectivity index is 2.20. The van der Waals surface area contributed by atoms with E-state index in [2.05, 4.69) is 5.32 Å². The Kier molecular flexibility index (Phi) is 10.8. The molecule has 2 rings (SSSR count). The van der Waals surface area contributed by atoms with Gasteiger partial charge >= 0.3 is 0 Å². The van der Waals surface area contributed by atoms with Gasteiger partial charge in [0.2, 0.25) is 21.8 Å². The third-order valence-electron chi connectivity index (χ3n) is 5.81. The Bertz CT molecular complexity index is 1100. The number of carbonyl (C=O) groups is 2. The molecule has 0 aliphatic heterocycles. The Morgan fingerprint density at radius 2 is 1.66 bits per heavy atom. The van der Waals surface area contributed by atoms with E-state index in [1.807, 2.05) is 70.2 Å². The van der Waals surface area contributed by atoms with Crippen molar-refractivity contribution in [3.05, 3.63) is 65.2 Å². The largest absolute Gasteiger partial charge is 0.354 e. The van der Waals surface area contributed by atoms with Gasteiger partial charge in [-0.15, -0.1) is 0 Å². The van der Waals surface area contributed by atoms with E-state index < -0.39 is 16.1 Å². The van der Waals surface area contributed by atoms with E-state index in [0.29, 0.717) is 31.6 Å². The van der Waals surface area contributed by atoms with Crippen LogP contribution in [0, 0.1) is 13.8 Å². The van der Waals surface area contributed by atoms with E-state index in [1.165, 1.54) is 10.6 Å². The number of anilines is 1. The van der Waals surface area contributed by atoms with Gasteiger partial charge in [-0.25, -0.2) is 8.42 Å². The summed E-state index contributed by atoms with van der Waals surface area (Å²) in [6.45, 7) is 8.85. The predicted molar refractivity (Wildman–Crippen MR) is 142 cm³/mol. The van der Waals surface area contributed by atoms with Gasteiger partial charge in [0, 0.05) is 26.1 Å². The number of benzene rings is 2. The molecule has 2 aromatic rings. The summed E-state index contributed by atoms with van der Waals surface area (Å²) in [7, 11) is -3.51. The van der Waals surface area contributed by atoms with E-state index in [1.54, 1.807) is 11.0 Å². The van der Waals surface area contributed by atoms with Gasteiger partial charge in [0.25, 0.3) is 0 Å². The van der Waals surface area contributed by atoms with Crippen molar-refractivity contribution in [2.45, 2.75) is 66.0 Å². The molecule has 0 unspecified atom stereocenters. The minimum Gasteiger partial charge on any atom is -0.354 e. The smallest absolute Gasteiger partial charge is 0.242 e. The number of sulfonamides is 1. The maximum atomic E-state index is 13.4. The number of hydrogen-bond acceptors (Lipinski definition) is 4. The van der Waals surface area contributed by atoms with Crippen molar-refractivity contribution in [3.8, 4) is 0 Å². The highest BCUT2D eigenvalue weighted by Crippen LogP contribution is 2.21. The third kappa shape index (κ3) is 8.69. The lowest BCUT2D eigenvalue weighted by Gasteiger charge is -2.31. The molecule has 0 fully saturated rings. The van der Waals surface area contributed by atoms with Gasteiger partial charge in [-0.05, 0) is 56.4 Å². The molecule has 0 saturated carbocycles. The Morgan fingerprint density at radius 3 is 2.23 bits per heavy atom. The molecule has 8 heteroatoms. The predicted octanol–water partition coefficient (Wildman–Crippen LogP) is 4.18. The second kappa shape index (κ2) is 13.3. The van der Waals surface area contributed by atoms with Gasteiger partial charge in [-0.3, -0.25) is 13.9 Å². The van der Waals surface area contributed by atoms with Gasteiger partial charge in [0.05, 0.1) is 11.9 Å². The van der Waals surface area contributed by atoms with Crippen LogP contribution in [0.1, 0.15) is 56.2 Å². The van der Waals surface area contributed by atoms with Gasteiger partial charge in [-0.2, -0.15) is 0 Å². The molecule has 0 aliphatic carbocycles. The highest BCUT2D eigenvalue weighted by Gasteiger charge is 2.28. The lowest BCUT2D eigenvalue weighted by Crippen LogP contribution is -2.49. The summed E-state index contributed by atoms with van der Waals surface area (Å²) in [6.07, 6.45) is 2.96. The van der Waals surface area contributed by atoms with Crippen LogP contribution in [0.2, 0.25) is 0 Å². The Morgan fingerprint density at radius 1 is 1.00 bits per heavy atom. The molecule has 0 radical (unpaired) electrons. The minimum absolute atomic E-state index is 0.140. The van der Waals surface area contributed by atoms with Crippen molar-refractivity contribution in [1.82, 2.24) is 10.2 Å². The fraction of sp³-hybridized carbons (Fsp3) is 0.481. The average molecular weight is 502 g/mol. The van der Waals surface area contributed by atoms with Crippen LogP contribution >= 0.6 is 0 Å². The molecule has 0 bridgehead atoms. The maximum Gasteiger partial charge on any atom is 0.242 e. The lowest BCUT2D eigenvalue weighted by molar-refractivity contribution is -0.141. The number of nitrogens with zero attached hydrogens (tertiary/aromatic N) is 2. The molecule has 7 nitrogen and oxygen atoms in total. The standard InChI is InChI=1S/C27H39N3O4S/c1-6-16-28-27(32)25(7-2)29(20-23-13-8-11-21(3)18-23)26(31)15-10-17-30(35(5,33)34)24-14-9-12-22(4)19-24/h8-9,11-14,18-19,25H,6-7,10,15-17,20H2,1-5H3,(H,28,32)/t25-/m1/s1. The first-order valence-corrected chi connectivity index (χ1v) is 14.1. The molecule has 192 valence electrons. The molecule has 1 atom stereocenters. The number of aryl methyl sites for hydroxylation is 2. The van der Waals surface area contributed by atoms with E-state index in [-0.39, 0.29) is 24.8 Å². The molecule has 0 aromatic heterocycles. The molecule has 0 spiro atoms. The number of carbonyl (C=O) groups excluding carboxylic acids is 2. The zero-order valence-corrected chi connectivity index (χ0v) is 22.4. The quantitative estimate of drug-likeness (QED) is 0.446. The monoisotopic (exact) mass is 501 g/mol. The number of rotatable bonds is 13. The van der Waals surface area contributed by atoms with Crippen LogP contribution in [0.25, 0.3) is 0 Å². The lowest BCUT2D eigenvalue weighted by atomic mass is 10.1. The van der Waals surface area contributed by atoms with Crippen LogP contribution in [0.15, 0.2) is 48.5 Å². The molecule has 0 saturated heterocycles. The first-order chi connectivity index (χ1) is 16.6. The average Bonchev–Trinajstić information content (AvgIpc) is 2.79. The van der Waals surface area contributed by atoms with Crippen molar-refractivity contribution >= 4 is 27.5 Å². The molecule has 2 aromatic carbocycles. The highest BCUT2D eigenvalue weighted by molar-refractivity contribution is 7.92. The molecule has 1 N–H and O–H groups in total. The summed E-state index contributed by atoms with van der Waals surface area (Å²) in [6, 6.07) is 14.6. The van der Waals surface area contributed by atoms with Crippen LogP contribution in [0.5, 0.6) is 0 Å². The Labute approximate surface area is 210 Å². The van der Waals surface area contributed by atoms with Crippen LogP contribution in [-0.4, -0.2) is 50.5 Å². The first-order valence-electron chi connectivity index (χ1n) is 12.2. The van der Waals surface area contributed by atoms with E-state index in [4.69, 9.17) is 0 Å². The second-order valence-corrected chi connectivity index (χ2v) is 10.9. The zero-order valence-electron chi connectivity index (χ0n) is 21.6. The molecule has 0 aliphatic rings. The summed E-state index contributed by atoms with van der Waals surface area (Å²) in [5, 5.41) is 2.92. The number of amides is 2. The van der Waals surface area contributed by atoms with Crippen LogP contribution in [0.4, 0.5) is 5.69 Å². The first kappa shape index (κ1) is 28.4. The van der Waals surface area contributed by atoms with E-state index >= 15 is 0 Å². The number of nitrogens with one attached hydrogen (secondary N) is 1. The molecule has 0 heterocycles. The van der Waals surface area contributed by atoms with Crippen LogP contribution < -0.4 is 9.62 Å². The highest BCUT2D eigenvalue weighted by atomic mass is 32.2. The molecule has 35 heavy (non-hydrogen) atoms. The Hall–Kier alpha value is -2.87. The topological polar surface area (TPSA) is 86.8 Å². The third-order valence-corrected chi connectivity index (χ3v) is 7.01.